The third kappa shape index (κ3) is 1.93. The summed E-state index contributed by atoms with van der Waals surface area (Å²) in [6.45, 7) is -0.0289. The highest BCUT2D eigenvalue weighted by Gasteiger charge is 2.36. The van der Waals surface area contributed by atoms with Crippen LogP contribution in [0.15, 0.2) is 24.5 Å². The minimum Gasteiger partial charge on any atom is -0.268 e. The zero-order valence-corrected chi connectivity index (χ0v) is 12.6. The van der Waals surface area contributed by atoms with Crippen LogP contribution >= 0.6 is 11.3 Å². The predicted molar refractivity (Wildman–Crippen MR) is 79.3 cm³/mol. The van der Waals surface area contributed by atoms with E-state index in [2.05, 4.69) is 15.0 Å². The van der Waals surface area contributed by atoms with Gasteiger partial charge in [0.05, 0.1) is 39.1 Å². The standard InChI is InChI=1S/C14H9FN4O3S/c1-18-8-4-9(23-10(8)5-17-18)12-11-7(2-3-16-12)6-19(13(11)20)14(21)22-15/h2-5H,6H2,1H3. The van der Waals surface area contributed by atoms with Gasteiger partial charge in [-0.1, -0.05) is 0 Å². The highest BCUT2D eigenvalue weighted by atomic mass is 32.1. The number of carbonyl (C=O) groups is 2. The van der Waals surface area contributed by atoms with Crippen molar-refractivity contribution >= 4 is 33.6 Å². The fourth-order valence-corrected chi connectivity index (χ4v) is 3.74. The number of nitrogens with zero attached hydrogens (tertiary/aromatic N) is 4. The number of fused-ring (bicyclic) bond motifs is 2. The van der Waals surface area contributed by atoms with Gasteiger partial charge < -0.3 is 0 Å². The monoisotopic (exact) mass is 332 g/mol. The Kier molecular flexibility index (Phi) is 2.91. The molecule has 0 saturated heterocycles. The molecule has 0 unspecified atom stereocenters. The van der Waals surface area contributed by atoms with Crippen molar-refractivity contribution in [2.75, 3.05) is 0 Å². The molecule has 4 rings (SSSR count). The van der Waals surface area contributed by atoms with E-state index < -0.39 is 12.0 Å². The van der Waals surface area contributed by atoms with Crippen LogP contribution in [-0.4, -0.2) is 31.7 Å². The predicted octanol–water partition coefficient (Wildman–Crippen LogP) is 2.67. The summed E-state index contributed by atoms with van der Waals surface area (Å²) in [5.74, 6) is -0.610. The summed E-state index contributed by atoms with van der Waals surface area (Å²) < 4.78 is 14.8. The molecule has 0 radical (unpaired) electrons. The molecule has 0 aromatic carbocycles. The van der Waals surface area contributed by atoms with Gasteiger partial charge in [0.2, 0.25) is 0 Å². The maximum Gasteiger partial charge on any atom is 0.454 e. The Morgan fingerprint density at radius 1 is 1.48 bits per heavy atom. The van der Waals surface area contributed by atoms with Gasteiger partial charge in [-0.25, -0.2) is 14.6 Å². The Balaban J connectivity index is 1.85. The number of thiophene rings is 1. The van der Waals surface area contributed by atoms with Crippen LogP contribution in [0.1, 0.15) is 15.9 Å². The van der Waals surface area contributed by atoms with Crippen LogP contribution in [0, 0.1) is 0 Å². The van der Waals surface area contributed by atoms with Gasteiger partial charge in [0, 0.05) is 17.8 Å². The molecule has 0 saturated carbocycles. The number of halogens is 1. The third-order valence-corrected chi connectivity index (χ3v) is 4.85. The first kappa shape index (κ1) is 13.8. The fourth-order valence-electron chi connectivity index (χ4n) is 2.68. The molecule has 1 aliphatic rings. The van der Waals surface area contributed by atoms with Gasteiger partial charge in [0.1, 0.15) is 0 Å². The molecule has 0 spiro atoms. The van der Waals surface area contributed by atoms with Crippen LogP contribution in [0.5, 0.6) is 0 Å². The molecule has 2 amide bonds. The second-order valence-electron chi connectivity index (χ2n) is 5.06. The molecule has 7 nitrogen and oxygen atoms in total. The Morgan fingerprint density at radius 3 is 3.04 bits per heavy atom. The van der Waals surface area contributed by atoms with E-state index in [1.54, 1.807) is 23.1 Å². The largest absolute Gasteiger partial charge is 0.454 e. The minimum atomic E-state index is -1.32. The first-order chi connectivity index (χ1) is 11.1. The maximum absolute atomic E-state index is 12.4. The first-order valence-corrected chi connectivity index (χ1v) is 7.46. The molecular weight excluding hydrogens is 323 g/mol. The molecule has 3 aromatic heterocycles. The molecule has 1 aliphatic heterocycles. The lowest BCUT2D eigenvalue weighted by Crippen LogP contribution is -2.30. The van der Waals surface area contributed by atoms with Crippen molar-refractivity contribution in [2.45, 2.75) is 6.54 Å². The molecule has 116 valence electrons. The Bertz CT molecular complexity index is 964. The Hall–Kier alpha value is -2.81. The molecule has 0 bridgehead atoms. The number of hydrogen-bond donors (Lipinski definition) is 0. The van der Waals surface area contributed by atoms with Crippen molar-refractivity contribution in [3.05, 3.63) is 35.7 Å². The molecule has 0 fully saturated rings. The number of aromatic nitrogens is 3. The van der Waals surface area contributed by atoms with E-state index in [0.717, 1.165) is 15.1 Å². The minimum absolute atomic E-state index is 0.0289. The van der Waals surface area contributed by atoms with E-state index in [1.807, 2.05) is 13.1 Å². The molecule has 0 aliphatic carbocycles. The van der Waals surface area contributed by atoms with Gasteiger partial charge in [-0.2, -0.15) is 5.10 Å². The van der Waals surface area contributed by atoms with E-state index in [4.69, 9.17) is 0 Å². The summed E-state index contributed by atoms with van der Waals surface area (Å²) in [5, 5.41) is 4.15. The number of aryl methyl sites for hydroxylation is 1. The first-order valence-electron chi connectivity index (χ1n) is 6.64. The van der Waals surface area contributed by atoms with Crippen molar-refractivity contribution in [1.29, 1.82) is 0 Å². The zero-order chi connectivity index (χ0) is 16.1. The van der Waals surface area contributed by atoms with Crippen molar-refractivity contribution in [3.63, 3.8) is 0 Å². The van der Waals surface area contributed by atoms with Gasteiger partial charge in [-0.3, -0.25) is 14.5 Å². The van der Waals surface area contributed by atoms with E-state index in [-0.39, 0.29) is 6.54 Å². The Labute approximate surface area is 132 Å². The van der Waals surface area contributed by atoms with Crippen LogP contribution in [0.3, 0.4) is 0 Å². The van der Waals surface area contributed by atoms with Gasteiger partial charge in [0.25, 0.3) is 5.91 Å². The lowest BCUT2D eigenvalue weighted by Gasteiger charge is -2.08. The second-order valence-corrected chi connectivity index (χ2v) is 6.14. The summed E-state index contributed by atoms with van der Waals surface area (Å²) >= 11 is 1.45. The molecule has 3 aromatic rings. The van der Waals surface area contributed by atoms with Crippen LogP contribution in [0.25, 0.3) is 20.8 Å². The number of rotatable bonds is 1. The average molecular weight is 332 g/mol. The van der Waals surface area contributed by atoms with Crippen LogP contribution < -0.4 is 0 Å². The number of hydrogen-bond acceptors (Lipinski definition) is 6. The Morgan fingerprint density at radius 2 is 2.30 bits per heavy atom. The van der Waals surface area contributed by atoms with Crippen molar-refractivity contribution in [1.82, 2.24) is 19.7 Å². The summed E-state index contributed by atoms with van der Waals surface area (Å²) in [4.78, 5) is 32.7. The van der Waals surface area contributed by atoms with E-state index >= 15 is 0 Å². The number of amides is 2. The maximum atomic E-state index is 12.4. The molecule has 0 atom stereocenters. The summed E-state index contributed by atoms with van der Waals surface area (Å²) in [7, 11) is 1.83. The van der Waals surface area contributed by atoms with E-state index in [0.29, 0.717) is 21.7 Å². The molecular formula is C14H9FN4O3S. The zero-order valence-electron chi connectivity index (χ0n) is 11.8. The quantitative estimate of drug-likeness (QED) is 0.685. The van der Waals surface area contributed by atoms with Crippen LogP contribution in [-0.2, 0) is 18.5 Å². The number of pyridine rings is 1. The van der Waals surface area contributed by atoms with Gasteiger partial charge in [-0.15, -0.1) is 11.3 Å². The lowest BCUT2D eigenvalue weighted by atomic mass is 10.1. The van der Waals surface area contributed by atoms with Gasteiger partial charge in [0.15, 0.2) is 0 Å². The number of imide groups is 1. The molecule has 23 heavy (non-hydrogen) atoms. The lowest BCUT2D eigenvalue weighted by molar-refractivity contribution is -0.0759. The van der Waals surface area contributed by atoms with Crippen molar-refractivity contribution in [3.8, 4) is 10.6 Å². The van der Waals surface area contributed by atoms with E-state index in [1.165, 1.54) is 11.3 Å². The highest BCUT2D eigenvalue weighted by Crippen LogP contribution is 2.37. The normalized spacial score (nSPS) is 13.7. The van der Waals surface area contributed by atoms with E-state index in [9.17, 15) is 14.1 Å². The summed E-state index contributed by atoms with van der Waals surface area (Å²) in [6.07, 6.45) is 1.98. The average Bonchev–Trinajstić information content (AvgIpc) is 3.22. The summed E-state index contributed by atoms with van der Waals surface area (Å²) in [6, 6.07) is 3.52. The third-order valence-electron chi connectivity index (χ3n) is 3.78. The SMILES string of the molecule is Cn1ncc2sc(-c3nccc4c3C(=O)N(C(=O)OF)C4)cc21. The molecule has 0 N–H and O–H groups in total. The molecule has 4 heterocycles. The van der Waals surface area contributed by atoms with Gasteiger partial charge in [-0.05, 0) is 17.7 Å². The fraction of sp³-hybridized carbons (Fsp3) is 0.143. The van der Waals surface area contributed by atoms with Crippen molar-refractivity contribution in [2.24, 2.45) is 7.05 Å². The number of carbonyl (C=O) groups excluding carboxylic acids is 2. The topological polar surface area (TPSA) is 77.3 Å². The van der Waals surface area contributed by atoms with Crippen LogP contribution in [0.4, 0.5) is 9.32 Å². The van der Waals surface area contributed by atoms with Gasteiger partial charge >= 0.3 is 6.09 Å². The smallest absolute Gasteiger partial charge is 0.268 e. The van der Waals surface area contributed by atoms with Crippen molar-refractivity contribution < 1.29 is 19.1 Å². The highest BCUT2D eigenvalue weighted by molar-refractivity contribution is 7.22. The summed E-state index contributed by atoms with van der Waals surface area (Å²) in [5.41, 5.74) is 2.32. The van der Waals surface area contributed by atoms with Crippen LogP contribution in [0.2, 0.25) is 0 Å². The molecule has 9 heteroatoms. The second kappa shape index (κ2) is 4.85.